The Kier molecular flexibility index (Phi) is 4.48. The predicted molar refractivity (Wildman–Crippen MR) is 99.3 cm³/mol. The van der Waals surface area contributed by atoms with Crippen molar-refractivity contribution in [3.05, 3.63) is 39.8 Å². The minimum Gasteiger partial charge on any atom is -0.369 e. The summed E-state index contributed by atoms with van der Waals surface area (Å²) < 4.78 is 0. The van der Waals surface area contributed by atoms with Crippen LogP contribution in [0.1, 0.15) is 12.8 Å². The molecule has 0 saturated carbocycles. The maximum absolute atomic E-state index is 11.9. The van der Waals surface area contributed by atoms with Gasteiger partial charge in [0, 0.05) is 44.1 Å². The van der Waals surface area contributed by atoms with Crippen LogP contribution >= 0.6 is 11.6 Å². The lowest BCUT2D eigenvalue weighted by atomic mass is 10.0. The molecule has 2 N–H and O–H groups in total. The quantitative estimate of drug-likeness (QED) is 0.874. The first-order valence-electron chi connectivity index (χ1n) is 8.73. The van der Waals surface area contributed by atoms with Crippen molar-refractivity contribution in [2.24, 2.45) is 0 Å². The fraction of sp³-hybridized carbons (Fsp3) is 0.500. The Hall–Kier alpha value is -1.56. The minimum atomic E-state index is -0.125. The van der Waals surface area contributed by atoms with Gasteiger partial charge in [0.15, 0.2) is 0 Å². The molecule has 24 heavy (non-hydrogen) atoms. The fourth-order valence-corrected chi connectivity index (χ4v) is 4.27. The second-order valence-electron chi connectivity index (χ2n) is 6.70. The summed E-state index contributed by atoms with van der Waals surface area (Å²) in [5.41, 5.74) is 0.989. The molecule has 0 radical (unpaired) electrons. The second-order valence-corrected chi connectivity index (χ2v) is 7.11. The van der Waals surface area contributed by atoms with Gasteiger partial charge in [0.2, 0.25) is 0 Å². The standard InChI is InChI=1S/C18H23ClN4O/c19-16-12-15(11-13-1-6-21-18(24)17(13)16)23-9-7-22(8-10-23)14-2-4-20-5-3-14/h1,6,11-12,14,20H,2-5,7-10H2,(H,21,24). The summed E-state index contributed by atoms with van der Waals surface area (Å²) in [5.74, 6) is 0. The van der Waals surface area contributed by atoms with Crippen molar-refractivity contribution in [3.8, 4) is 0 Å². The lowest BCUT2D eigenvalue weighted by molar-refractivity contribution is 0.153. The van der Waals surface area contributed by atoms with Crippen molar-refractivity contribution in [2.45, 2.75) is 18.9 Å². The van der Waals surface area contributed by atoms with E-state index in [-0.39, 0.29) is 5.56 Å². The molecule has 0 atom stereocenters. The van der Waals surface area contributed by atoms with E-state index in [9.17, 15) is 4.79 Å². The van der Waals surface area contributed by atoms with Crippen LogP contribution in [-0.2, 0) is 0 Å². The first-order chi connectivity index (χ1) is 11.7. The number of rotatable bonds is 2. The summed E-state index contributed by atoms with van der Waals surface area (Å²) in [6.07, 6.45) is 4.19. The zero-order valence-corrected chi connectivity index (χ0v) is 14.5. The average Bonchev–Trinajstić information content (AvgIpc) is 2.62. The number of hydrogen-bond donors (Lipinski definition) is 2. The molecule has 2 saturated heterocycles. The number of pyridine rings is 1. The van der Waals surface area contributed by atoms with Crippen LogP contribution in [-0.4, -0.2) is 55.2 Å². The molecule has 1 aromatic carbocycles. The Labute approximate surface area is 146 Å². The smallest absolute Gasteiger partial charge is 0.257 e. The van der Waals surface area contributed by atoms with Gasteiger partial charge < -0.3 is 15.2 Å². The summed E-state index contributed by atoms with van der Waals surface area (Å²) in [5, 5.41) is 5.45. The molecule has 2 fully saturated rings. The number of aromatic amines is 1. The van der Waals surface area contributed by atoms with Gasteiger partial charge in [-0.3, -0.25) is 9.69 Å². The molecule has 128 valence electrons. The van der Waals surface area contributed by atoms with Crippen molar-refractivity contribution in [1.82, 2.24) is 15.2 Å². The molecule has 2 aliphatic heterocycles. The molecule has 0 aliphatic carbocycles. The summed E-state index contributed by atoms with van der Waals surface area (Å²) in [6, 6.07) is 6.65. The van der Waals surface area contributed by atoms with Crippen molar-refractivity contribution in [3.63, 3.8) is 0 Å². The van der Waals surface area contributed by atoms with Gasteiger partial charge in [0.25, 0.3) is 5.56 Å². The third-order valence-corrected chi connectivity index (χ3v) is 5.61. The molecule has 0 bridgehead atoms. The van der Waals surface area contributed by atoms with Gasteiger partial charge in [0.1, 0.15) is 0 Å². The summed E-state index contributed by atoms with van der Waals surface area (Å²) in [6.45, 7) is 6.48. The first kappa shape index (κ1) is 15.9. The highest BCUT2D eigenvalue weighted by Crippen LogP contribution is 2.28. The van der Waals surface area contributed by atoms with Gasteiger partial charge in [-0.15, -0.1) is 0 Å². The Morgan fingerprint density at radius 2 is 1.83 bits per heavy atom. The van der Waals surface area contributed by atoms with E-state index >= 15 is 0 Å². The lowest BCUT2D eigenvalue weighted by Crippen LogP contribution is -2.52. The predicted octanol–water partition coefficient (Wildman–Crippen LogP) is 2.06. The third-order valence-electron chi connectivity index (χ3n) is 5.31. The number of fused-ring (bicyclic) bond motifs is 1. The number of nitrogens with zero attached hydrogens (tertiary/aromatic N) is 2. The van der Waals surface area contributed by atoms with E-state index in [1.807, 2.05) is 12.1 Å². The molecule has 5 nitrogen and oxygen atoms in total. The van der Waals surface area contributed by atoms with E-state index < -0.39 is 0 Å². The van der Waals surface area contributed by atoms with E-state index in [1.165, 1.54) is 12.8 Å². The highest BCUT2D eigenvalue weighted by Gasteiger charge is 2.25. The van der Waals surface area contributed by atoms with Crippen LogP contribution in [0.2, 0.25) is 5.02 Å². The van der Waals surface area contributed by atoms with Gasteiger partial charge in [0.05, 0.1) is 10.4 Å². The largest absolute Gasteiger partial charge is 0.369 e. The Bertz CT molecular complexity index is 776. The van der Waals surface area contributed by atoms with Gasteiger partial charge in [-0.25, -0.2) is 0 Å². The van der Waals surface area contributed by atoms with Crippen LogP contribution in [0.3, 0.4) is 0 Å². The summed E-state index contributed by atoms with van der Waals surface area (Å²) in [4.78, 5) is 19.6. The molecule has 4 rings (SSSR count). The number of piperazine rings is 1. The van der Waals surface area contributed by atoms with Crippen LogP contribution in [0.15, 0.2) is 29.2 Å². The number of halogens is 1. The zero-order valence-electron chi connectivity index (χ0n) is 13.7. The monoisotopic (exact) mass is 346 g/mol. The molecule has 2 aliphatic rings. The van der Waals surface area contributed by atoms with Crippen LogP contribution in [0.4, 0.5) is 5.69 Å². The second kappa shape index (κ2) is 6.75. The number of hydrogen-bond acceptors (Lipinski definition) is 4. The highest BCUT2D eigenvalue weighted by molar-refractivity contribution is 6.35. The SMILES string of the molecule is O=c1[nH]ccc2cc(N3CCN(C4CCNCC4)CC3)cc(Cl)c12. The number of anilines is 1. The van der Waals surface area contributed by atoms with E-state index in [1.54, 1.807) is 6.20 Å². The highest BCUT2D eigenvalue weighted by atomic mass is 35.5. The number of aromatic nitrogens is 1. The van der Waals surface area contributed by atoms with Gasteiger partial charge >= 0.3 is 0 Å². The Morgan fingerprint density at radius 1 is 1.08 bits per heavy atom. The molecular weight excluding hydrogens is 324 g/mol. The molecule has 0 unspecified atom stereocenters. The van der Waals surface area contributed by atoms with E-state index in [0.717, 1.165) is 56.4 Å². The van der Waals surface area contributed by atoms with E-state index in [0.29, 0.717) is 10.4 Å². The van der Waals surface area contributed by atoms with Gasteiger partial charge in [-0.1, -0.05) is 11.6 Å². The van der Waals surface area contributed by atoms with Crippen molar-refractivity contribution >= 4 is 28.1 Å². The third kappa shape index (κ3) is 3.04. The van der Waals surface area contributed by atoms with Crippen LogP contribution in [0.5, 0.6) is 0 Å². The molecule has 0 amide bonds. The lowest BCUT2D eigenvalue weighted by Gasteiger charge is -2.41. The van der Waals surface area contributed by atoms with E-state index in [4.69, 9.17) is 11.6 Å². The summed E-state index contributed by atoms with van der Waals surface area (Å²) in [7, 11) is 0. The van der Waals surface area contributed by atoms with Crippen LogP contribution in [0, 0.1) is 0 Å². The fourth-order valence-electron chi connectivity index (χ4n) is 3.96. The van der Waals surface area contributed by atoms with Crippen LogP contribution in [0.25, 0.3) is 10.8 Å². The number of nitrogens with one attached hydrogen (secondary N) is 2. The Morgan fingerprint density at radius 3 is 2.58 bits per heavy atom. The molecule has 2 aromatic rings. The van der Waals surface area contributed by atoms with E-state index in [2.05, 4.69) is 26.2 Å². The maximum atomic E-state index is 11.9. The van der Waals surface area contributed by atoms with Gasteiger partial charge in [-0.2, -0.15) is 0 Å². The molecule has 0 spiro atoms. The normalized spacial score (nSPS) is 20.6. The average molecular weight is 347 g/mol. The number of benzene rings is 1. The minimum absolute atomic E-state index is 0.125. The first-order valence-corrected chi connectivity index (χ1v) is 9.11. The van der Waals surface area contributed by atoms with Crippen LogP contribution < -0.4 is 15.8 Å². The molecule has 6 heteroatoms. The zero-order chi connectivity index (χ0) is 16.5. The van der Waals surface area contributed by atoms with Crippen molar-refractivity contribution in [1.29, 1.82) is 0 Å². The van der Waals surface area contributed by atoms with Crippen molar-refractivity contribution < 1.29 is 0 Å². The maximum Gasteiger partial charge on any atom is 0.257 e. The Balaban J connectivity index is 1.51. The van der Waals surface area contributed by atoms with Gasteiger partial charge in [-0.05, 0) is 49.5 Å². The topological polar surface area (TPSA) is 51.4 Å². The molecule has 3 heterocycles. The molecule has 1 aromatic heterocycles. The molecular formula is C18H23ClN4O. The number of piperidine rings is 1. The summed E-state index contributed by atoms with van der Waals surface area (Å²) >= 11 is 6.37. The number of H-pyrrole nitrogens is 1. The van der Waals surface area contributed by atoms with Crippen molar-refractivity contribution in [2.75, 3.05) is 44.2 Å².